The van der Waals surface area contributed by atoms with Gasteiger partial charge in [-0.25, -0.2) is 0 Å². The van der Waals surface area contributed by atoms with Gasteiger partial charge in [0.2, 0.25) is 5.96 Å². The Morgan fingerprint density at radius 3 is 2.23 bits per heavy atom. The molecule has 2 aromatic rings. The molecule has 5 N–H and O–H groups in total. The molecule has 0 bridgehead atoms. The van der Waals surface area contributed by atoms with Crippen LogP contribution in [0.1, 0.15) is 0 Å². The number of hydrogen-bond donors (Lipinski definition) is 3. The summed E-state index contributed by atoms with van der Waals surface area (Å²) in [4.78, 5) is 0.0150. The highest BCUT2D eigenvalue weighted by molar-refractivity contribution is 7.90. The Bertz CT molecular complexity index is 769. The molecule has 7 nitrogen and oxygen atoms in total. The molecule has 2 aromatic carbocycles. The summed E-state index contributed by atoms with van der Waals surface area (Å²) in [5, 5.41) is 2.70. The average Bonchev–Trinajstić information content (AvgIpc) is 2.48. The molecule has 0 aliphatic heterocycles. The molecule has 22 heavy (non-hydrogen) atoms. The van der Waals surface area contributed by atoms with E-state index in [2.05, 4.69) is 9.71 Å². The maximum atomic E-state index is 12.1. The maximum absolute atomic E-state index is 12.1. The van der Waals surface area contributed by atoms with Crippen molar-refractivity contribution in [3.63, 3.8) is 0 Å². The fraction of sp³-hybridized carbons (Fsp3) is 0.0714. The van der Waals surface area contributed by atoms with E-state index < -0.39 is 10.0 Å². The van der Waals surface area contributed by atoms with Crippen LogP contribution >= 0.6 is 0 Å². The van der Waals surface area contributed by atoms with Crippen LogP contribution in [0.15, 0.2) is 57.8 Å². The topological polar surface area (TPSA) is 120 Å². The van der Waals surface area contributed by atoms with Gasteiger partial charge in [-0.2, -0.15) is 8.42 Å². The number of ether oxygens (including phenoxy) is 1. The molecule has 0 atom stereocenters. The van der Waals surface area contributed by atoms with Crippen LogP contribution in [-0.4, -0.2) is 21.5 Å². The smallest absolute Gasteiger partial charge is 0.285 e. The summed E-state index contributed by atoms with van der Waals surface area (Å²) in [7, 11) is -2.34. The van der Waals surface area contributed by atoms with Crippen molar-refractivity contribution in [3.8, 4) is 5.75 Å². The second-order valence-corrected chi connectivity index (χ2v) is 5.98. The number of nitrogens with two attached hydrogens (primary N) is 2. The maximum Gasteiger partial charge on any atom is 0.285 e. The van der Waals surface area contributed by atoms with Gasteiger partial charge in [-0.05, 0) is 48.5 Å². The van der Waals surface area contributed by atoms with Crippen LogP contribution in [0.3, 0.4) is 0 Å². The highest BCUT2D eigenvalue weighted by atomic mass is 32.2. The van der Waals surface area contributed by atoms with Crippen LogP contribution in [-0.2, 0) is 10.0 Å². The van der Waals surface area contributed by atoms with Crippen molar-refractivity contribution in [1.29, 1.82) is 0 Å². The summed E-state index contributed by atoms with van der Waals surface area (Å²) in [5.74, 6) is 0.442. The van der Waals surface area contributed by atoms with Crippen LogP contribution in [0.25, 0.3) is 0 Å². The fourth-order valence-corrected chi connectivity index (χ4v) is 2.56. The number of sulfonamides is 1. The molecule has 2 rings (SSSR count). The van der Waals surface area contributed by atoms with E-state index in [1.54, 1.807) is 31.4 Å². The van der Waals surface area contributed by atoms with Crippen molar-refractivity contribution >= 4 is 27.4 Å². The second kappa shape index (κ2) is 6.35. The molecule has 0 saturated heterocycles. The van der Waals surface area contributed by atoms with Crippen LogP contribution in [0.5, 0.6) is 5.75 Å². The molecule has 116 valence electrons. The van der Waals surface area contributed by atoms with Crippen molar-refractivity contribution in [2.45, 2.75) is 4.90 Å². The van der Waals surface area contributed by atoms with Gasteiger partial charge in [0.1, 0.15) is 5.75 Å². The monoisotopic (exact) mass is 320 g/mol. The number of guanidine groups is 1. The van der Waals surface area contributed by atoms with Crippen molar-refractivity contribution < 1.29 is 13.2 Å². The predicted molar refractivity (Wildman–Crippen MR) is 86.3 cm³/mol. The molecule has 0 saturated carbocycles. The van der Waals surface area contributed by atoms with Crippen molar-refractivity contribution in [2.24, 2.45) is 10.1 Å². The van der Waals surface area contributed by atoms with Gasteiger partial charge in [-0.1, -0.05) is 0 Å². The average molecular weight is 320 g/mol. The Kier molecular flexibility index (Phi) is 4.52. The minimum absolute atomic E-state index is 0.0150. The number of benzene rings is 2. The molecule has 0 unspecified atom stereocenters. The normalized spacial score (nSPS) is 12.0. The number of nitrogen functional groups attached to an aromatic ring is 1. The largest absolute Gasteiger partial charge is 0.497 e. The molecule has 0 aliphatic rings. The molecule has 0 fully saturated rings. The van der Waals surface area contributed by atoms with E-state index in [0.717, 1.165) is 0 Å². The molecular formula is C14H16N4O3S. The zero-order valence-corrected chi connectivity index (χ0v) is 12.7. The lowest BCUT2D eigenvalue weighted by atomic mass is 10.3. The first-order valence-electron chi connectivity index (χ1n) is 6.28. The first kappa shape index (κ1) is 15.6. The molecule has 0 aliphatic carbocycles. The first-order valence-corrected chi connectivity index (χ1v) is 7.72. The Balaban J connectivity index is 2.17. The summed E-state index contributed by atoms with van der Waals surface area (Å²) < 4.78 is 32.7. The van der Waals surface area contributed by atoms with E-state index in [4.69, 9.17) is 16.2 Å². The number of anilines is 2. The second-order valence-electron chi connectivity index (χ2n) is 4.37. The third-order valence-electron chi connectivity index (χ3n) is 2.76. The fourth-order valence-electron chi connectivity index (χ4n) is 1.67. The minimum Gasteiger partial charge on any atom is -0.497 e. The SMILES string of the molecule is COc1ccc(N/C(N)=N/S(=O)(=O)c2ccc(N)cc2)cc1. The summed E-state index contributed by atoms with van der Waals surface area (Å²) >= 11 is 0. The van der Waals surface area contributed by atoms with E-state index in [0.29, 0.717) is 17.1 Å². The molecular weight excluding hydrogens is 304 g/mol. The Labute approximate surface area is 128 Å². The molecule has 0 amide bonds. The standard InChI is InChI=1S/C14H16N4O3S/c1-21-12-6-4-11(5-7-12)17-14(16)18-22(19,20)13-8-2-10(15)3-9-13/h2-9H,15H2,1H3,(H3,16,17,18). The van der Waals surface area contributed by atoms with Crippen LogP contribution in [0.4, 0.5) is 11.4 Å². The predicted octanol–water partition coefficient (Wildman–Crippen LogP) is 1.39. The molecule has 8 heteroatoms. The minimum atomic E-state index is -3.89. The van der Waals surface area contributed by atoms with Gasteiger partial charge in [-0.15, -0.1) is 4.40 Å². The van der Waals surface area contributed by atoms with Gasteiger partial charge < -0.3 is 21.5 Å². The van der Waals surface area contributed by atoms with Gasteiger partial charge in [0.05, 0.1) is 12.0 Å². The number of rotatable bonds is 4. The summed E-state index contributed by atoms with van der Waals surface area (Å²) in [6.45, 7) is 0. The summed E-state index contributed by atoms with van der Waals surface area (Å²) in [5.41, 5.74) is 12.2. The molecule has 0 spiro atoms. The Morgan fingerprint density at radius 2 is 1.68 bits per heavy atom. The first-order chi connectivity index (χ1) is 10.4. The van der Waals surface area contributed by atoms with Crippen molar-refractivity contribution in [1.82, 2.24) is 0 Å². The summed E-state index contributed by atoms with van der Waals surface area (Å²) in [6.07, 6.45) is 0. The van der Waals surface area contributed by atoms with Gasteiger partial charge in [-0.3, -0.25) is 0 Å². The van der Waals surface area contributed by atoms with Crippen molar-refractivity contribution in [3.05, 3.63) is 48.5 Å². The van der Waals surface area contributed by atoms with E-state index in [9.17, 15) is 8.42 Å². The van der Waals surface area contributed by atoms with Gasteiger partial charge in [0, 0.05) is 11.4 Å². The Hall–Kier alpha value is -2.74. The van der Waals surface area contributed by atoms with Crippen LogP contribution in [0, 0.1) is 0 Å². The lowest BCUT2D eigenvalue weighted by Crippen LogP contribution is -2.24. The number of nitrogens with one attached hydrogen (secondary N) is 1. The quantitative estimate of drug-likeness (QED) is 0.445. The number of methoxy groups -OCH3 is 1. The third kappa shape index (κ3) is 3.89. The lowest BCUT2D eigenvalue weighted by Gasteiger charge is -2.07. The van der Waals surface area contributed by atoms with Gasteiger partial charge in [0.25, 0.3) is 10.0 Å². The summed E-state index contributed by atoms with van der Waals surface area (Å²) in [6, 6.07) is 12.5. The lowest BCUT2D eigenvalue weighted by molar-refractivity contribution is 0.415. The van der Waals surface area contributed by atoms with E-state index in [1.165, 1.54) is 24.3 Å². The van der Waals surface area contributed by atoms with Crippen LogP contribution < -0.4 is 21.5 Å². The van der Waals surface area contributed by atoms with Crippen LogP contribution in [0.2, 0.25) is 0 Å². The zero-order chi connectivity index (χ0) is 16.2. The Morgan fingerprint density at radius 1 is 1.09 bits per heavy atom. The van der Waals surface area contributed by atoms with Gasteiger partial charge >= 0.3 is 0 Å². The third-order valence-corrected chi connectivity index (χ3v) is 4.06. The van der Waals surface area contributed by atoms with E-state index in [1.807, 2.05) is 0 Å². The number of hydrogen-bond acceptors (Lipinski definition) is 4. The molecule has 0 heterocycles. The number of nitrogens with zero attached hydrogens (tertiary/aromatic N) is 1. The van der Waals surface area contributed by atoms with Crippen molar-refractivity contribution in [2.75, 3.05) is 18.2 Å². The van der Waals surface area contributed by atoms with Gasteiger partial charge in [0.15, 0.2) is 0 Å². The van der Waals surface area contributed by atoms with E-state index in [-0.39, 0.29) is 10.9 Å². The highest BCUT2D eigenvalue weighted by Gasteiger charge is 2.13. The van der Waals surface area contributed by atoms with E-state index >= 15 is 0 Å². The molecule has 0 radical (unpaired) electrons. The highest BCUT2D eigenvalue weighted by Crippen LogP contribution is 2.16. The zero-order valence-electron chi connectivity index (χ0n) is 11.9. The molecule has 0 aromatic heterocycles.